The van der Waals surface area contributed by atoms with Crippen LogP contribution in [-0.4, -0.2) is 13.5 Å². The van der Waals surface area contributed by atoms with Gasteiger partial charge in [-0.05, 0) is 22.9 Å². The van der Waals surface area contributed by atoms with Gasteiger partial charge in [-0.15, -0.1) is 22.7 Å². The van der Waals surface area contributed by atoms with E-state index in [1.807, 2.05) is 17.5 Å². The van der Waals surface area contributed by atoms with Crippen LogP contribution in [0.3, 0.4) is 0 Å². The molecule has 0 amide bonds. The second-order valence-electron chi connectivity index (χ2n) is 3.27. The third-order valence-electron chi connectivity index (χ3n) is 2.15. The van der Waals surface area contributed by atoms with Gasteiger partial charge >= 0.3 is 0 Å². The highest BCUT2D eigenvalue weighted by atomic mass is 32.2. The van der Waals surface area contributed by atoms with E-state index in [4.69, 9.17) is 5.11 Å². The Morgan fingerprint density at radius 1 is 1.24 bits per heavy atom. The van der Waals surface area contributed by atoms with Crippen molar-refractivity contribution >= 4 is 32.7 Å². The Kier molecular flexibility index (Phi) is 3.95. The number of nitrogens with one attached hydrogen (secondary N) is 1. The van der Waals surface area contributed by atoms with E-state index >= 15 is 0 Å². The molecule has 0 aliphatic rings. The van der Waals surface area contributed by atoms with E-state index in [1.165, 1.54) is 28.7 Å². The van der Waals surface area contributed by atoms with Crippen molar-refractivity contribution in [2.45, 2.75) is 18.0 Å². The van der Waals surface area contributed by atoms with Crippen LogP contribution in [0.15, 0.2) is 33.9 Å². The molecule has 0 unspecified atom stereocenters. The number of hydrogen-bond donors (Lipinski definition) is 2. The summed E-state index contributed by atoms with van der Waals surface area (Å²) < 4.78 is 26.4. The SMILES string of the molecule is O=S(=O)(NCc1cccs1)c1ccsc1CO. The molecule has 17 heavy (non-hydrogen) atoms. The second-order valence-corrected chi connectivity index (χ2v) is 7.04. The van der Waals surface area contributed by atoms with Crippen molar-refractivity contribution in [2.24, 2.45) is 0 Å². The number of hydrogen-bond acceptors (Lipinski definition) is 5. The first kappa shape index (κ1) is 12.7. The van der Waals surface area contributed by atoms with Gasteiger partial charge in [-0.1, -0.05) is 6.07 Å². The highest BCUT2D eigenvalue weighted by Gasteiger charge is 2.18. The molecule has 0 spiro atoms. The van der Waals surface area contributed by atoms with Crippen molar-refractivity contribution in [3.63, 3.8) is 0 Å². The number of aliphatic hydroxyl groups is 1. The van der Waals surface area contributed by atoms with Gasteiger partial charge in [0.2, 0.25) is 10.0 Å². The van der Waals surface area contributed by atoms with E-state index in [0.717, 1.165) is 4.88 Å². The van der Waals surface area contributed by atoms with Crippen LogP contribution < -0.4 is 4.72 Å². The van der Waals surface area contributed by atoms with Gasteiger partial charge in [0.25, 0.3) is 0 Å². The summed E-state index contributed by atoms with van der Waals surface area (Å²) in [4.78, 5) is 1.58. The second kappa shape index (κ2) is 5.28. The molecule has 0 aliphatic heterocycles. The number of sulfonamides is 1. The first-order chi connectivity index (χ1) is 8.13. The zero-order chi connectivity index (χ0) is 12.3. The summed E-state index contributed by atoms with van der Waals surface area (Å²) in [5.41, 5.74) is 0. The molecule has 0 saturated heterocycles. The van der Waals surface area contributed by atoms with Crippen LogP contribution in [0, 0.1) is 0 Å². The van der Waals surface area contributed by atoms with Crippen LogP contribution in [0.5, 0.6) is 0 Å². The minimum atomic E-state index is -3.53. The maximum Gasteiger partial charge on any atom is 0.242 e. The van der Waals surface area contributed by atoms with Crippen LogP contribution in [0.1, 0.15) is 9.75 Å². The summed E-state index contributed by atoms with van der Waals surface area (Å²) in [7, 11) is -3.53. The van der Waals surface area contributed by atoms with Crippen molar-refractivity contribution in [3.8, 4) is 0 Å². The summed E-state index contributed by atoms with van der Waals surface area (Å²) in [6.07, 6.45) is 0. The van der Waals surface area contributed by atoms with Gasteiger partial charge in [-0.25, -0.2) is 13.1 Å². The maximum atomic E-state index is 12.0. The standard InChI is InChI=1S/C10H11NO3S3/c12-7-9-10(3-5-16-9)17(13,14)11-6-8-2-1-4-15-8/h1-5,11-12H,6-7H2. The Bertz CT molecular complexity index is 572. The van der Waals surface area contributed by atoms with Crippen molar-refractivity contribution in [2.75, 3.05) is 0 Å². The topological polar surface area (TPSA) is 66.4 Å². The number of aliphatic hydroxyl groups excluding tert-OH is 1. The minimum Gasteiger partial charge on any atom is -0.391 e. The summed E-state index contributed by atoms with van der Waals surface area (Å²) in [5, 5.41) is 12.6. The van der Waals surface area contributed by atoms with E-state index in [9.17, 15) is 8.42 Å². The predicted molar refractivity (Wildman–Crippen MR) is 68.6 cm³/mol. The molecule has 2 aromatic rings. The van der Waals surface area contributed by atoms with Gasteiger partial charge in [0.05, 0.1) is 11.5 Å². The third kappa shape index (κ3) is 2.93. The third-order valence-corrected chi connectivity index (χ3v) is 5.55. The molecule has 4 nitrogen and oxygen atoms in total. The fraction of sp³-hybridized carbons (Fsp3) is 0.200. The Morgan fingerprint density at radius 2 is 2.06 bits per heavy atom. The molecule has 92 valence electrons. The van der Waals surface area contributed by atoms with Crippen molar-refractivity contribution in [3.05, 3.63) is 38.7 Å². The van der Waals surface area contributed by atoms with Gasteiger partial charge in [0, 0.05) is 16.3 Å². The fourth-order valence-corrected chi connectivity index (χ4v) is 4.38. The Balaban J connectivity index is 2.14. The van der Waals surface area contributed by atoms with Crippen LogP contribution in [0.25, 0.3) is 0 Å². The first-order valence-corrected chi connectivity index (χ1v) is 8.07. The summed E-state index contributed by atoms with van der Waals surface area (Å²) in [6.45, 7) is 0.0215. The summed E-state index contributed by atoms with van der Waals surface area (Å²) >= 11 is 2.73. The van der Waals surface area contributed by atoms with E-state index < -0.39 is 10.0 Å². The smallest absolute Gasteiger partial charge is 0.242 e. The lowest BCUT2D eigenvalue weighted by molar-refractivity contribution is 0.282. The Morgan fingerprint density at radius 3 is 2.71 bits per heavy atom. The molecular weight excluding hydrogens is 278 g/mol. The molecule has 0 bridgehead atoms. The molecular formula is C10H11NO3S3. The van der Waals surface area contributed by atoms with Gasteiger partial charge in [0.15, 0.2) is 0 Å². The highest BCUT2D eigenvalue weighted by Crippen LogP contribution is 2.22. The fourth-order valence-electron chi connectivity index (χ4n) is 1.34. The van der Waals surface area contributed by atoms with Gasteiger partial charge in [-0.3, -0.25) is 0 Å². The van der Waals surface area contributed by atoms with E-state index in [1.54, 1.807) is 5.38 Å². The molecule has 2 N–H and O–H groups in total. The zero-order valence-electron chi connectivity index (χ0n) is 8.79. The normalized spacial score (nSPS) is 11.8. The molecule has 2 aromatic heterocycles. The van der Waals surface area contributed by atoms with Gasteiger partial charge < -0.3 is 5.11 Å². The lowest BCUT2D eigenvalue weighted by Gasteiger charge is -2.05. The van der Waals surface area contributed by atoms with Crippen LogP contribution in [0.4, 0.5) is 0 Å². The summed E-state index contributed by atoms with van der Waals surface area (Å²) in [5.74, 6) is 0. The van der Waals surface area contributed by atoms with Crippen molar-refractivity contribution in [1.82, 2.24) is 4.72 Å². The van der Waals surface area contributed by atoms with Crippen LogP contribution in [-0.2, 0) is 23.2 Å². The van der Waals surface area contributed by atoms with Gasteiger partial charge in [-0.2, -0.15) is 0 Å². The lowest BCUT2D eigenvalue weighted by atomic mass is 10.5. The minimum absolute atomic E-state index is 0.168. The van der Waals surface area contributed by atoms with Crippen molar-refractivity contribution < 1.29 is 13.5 Å². The van der Waals surface area contributed by atoms with Gasteiger partial charge in [0.1, 0.15) is 0 Å². The van der Waals surface area contributed by atoms with E-state index in [-0.39, 0.29) is 18.0 Å². The molecule has 0 fully saturated rings. The quantitative estimate of drug-likeness (QED) is 0.881. The Hall–Kier alpha value is -0.730. The molecule has 0 aromatic carbocycles. The number of thiophene rings is 2. The van der Waals surface area contributed by atoms with Crippen LogP contribution in [0.2, 0.25) is 0 Å². The van der Waals surface area contributed by atoms with E-state index in [0.29, 0.717) is 4.88 Å². The molecule has 2 rings (SSSR count). The Labute approximate surface area is 108 Å². The zero-order valence-corrected chi connectivity index (χ0v) is 11.2. The molecule has 0 saturated carbocycles. The average Bonchev–Trinajstić information content (AvgIpc) is 2.97. The largest absolute Gasteiger partial charge is 0.391 e. The molecule has 0 atom stereocenters. The van der Waals surface area contributed by atoms with Crippen molar-refractivity contribution in [1.29, 1.82) is 0 Å². The summed E-state index contributed by atoms with van der Waals surface area (Å²) in [6, 6.07) is 5.25. The van der Waals surface area contributed by atoms with E-state index in [2.05, 4.69) is 4.72 Å². The number of rotatable bonds is 5. The average molecular weight is 289 g/mol. The van der Waals surface area contributed by atoms with Crippen LogP contribution >= 0.6 is 22.7 Å². The first-order valence-electron chi connectivity index (χ1n) is 4.83. The molecule has 7 heteroatoms. The lowest BCUT2D eigenvalue weighted by Crippen LogP contribution is -2.23. The molecule has 0 aliphatic carbocycles. The predicted octanol–water partition coefficient (Wildman–Crippen LogP) is 1.78. The monoisotopic (exact) mass is 289 g/mol. The molecule has 0 radical (unpaired) electrons. The maximum absolute atomic E-state index is 12.0. The molecule has 2 heterocycles. The highest BCUT2D eigenvalue weighted by molar-refractivity contribution is 7.89.